The molecule has 23 heavy (non-hydrogen) atoms. The highest BCUT2D eigenvalue weighted by molar-refractivity contribution is 5.53. The van der Waals surface area contributed by atoms with Crippen molar-refractivity contribution in [2.24, 2.45) is 11.8 Å². The van der Waals surface area contributed by atoms with Gasteiger partial charge in [0.2, 0.25) is 0 Å². The SMILES string of the molecule is COc1cc(C2c3cc(O)c(O)cc3CC(C)C2C)ccc1O. The minimum absolute atomic E-state index is 0.0764. The van der Waals surface area contributed by atoms with E-state index in [1.54, 1.807) is 18.2 Å². The molecule has 0 amide bonds. The summed E-state index contributed by atoms with van der Waals surface area (Å²) >= 11 is 0. The molecule has 0 heterocycles. The maximum Gasteiger partial charge on any atom is 0.160 e. The summed E-state index contributed by atoms with van der Waals surface area (Å²) in [4.78, 5) is 0. The van der Waals surface area contributed by atoms with Crippen LogP contribution in [0.3, 0.4) is 0 Å². The molecule has 2 aromatic rings. The number of phenols is 3. The molecule has 4 nitrogen and oxygen atoms in total. The molecule has 1 aliphatic carbocycles. The van der Waals surface area contributed by atoms with Gasteiger partial charge in [-0.2, -0.15) is 0 Å². The first-order valence-corrected chi connectivity index (χ1v) is 7.84. The minimum Gasteiger partial charge on any atom is -0.504 e. The quantitative estimate of drug-likeness (QED) is 0.738. The monoisotopic (exact) mass is 314 g/mol. The third-order valence-corrected chi connectivity index (χ3v) is 5.10. The Morgan fingerprint density at radius 1 is 0.957 bits per heavy atom. The van der Waals surface area contributed by atoms with Crippen LogP contribution in [0.15, 0.2) is 30.3 Å². The van der Waals surface area contributed by atoms with E-state index >= 15 is 0 Å². The van der Waals surface area contributed by atoms with E-state index in [4.69, 9.17) is 4.74 Å². The van der Waals surface area contributed by atoms with Crippen LogP contribution in [-0.4, -0.2) is 22.4 Å². The van der Waals surface area contributed by atoms with Crippen molar-refractivity contribution in [1.82, 2.24) is 0 Å². The molecule has 0 fully saturated rings. The normalized spacial score (nSPS) is 23.3. The van der Waals surface area contributed by atoms with E-state index in [-0.39, 0.29) is 23.2 Å². The molecule has 3 N–H and O–H groups in total. The zero-order valence-corrected chi connectivity index (χ0v) is 13.6. The van der Waals surface area contributed by atoms with Crippen LogP contribution in [0.4, 0.5) is 0 Å². The lowest BCUT2D eigenvalue weighted by atomic mass is 9.68. The number of rotatable bonds is 2. The number of methoxy groups -OCH3 is 1. The van der Waals surface area contributed by atoms with Crippen LogP contribution < -0.4 is 4.74 Å². The number of aromatic hydroxyl groups is 3. The van der Waals surface area contributed by atoms with Gasteiger partial charge in [-0.05, 0) is 59.2 Å². The lowest BCUT2D eigenvalue weighted by Gasteiger charge is -2.37. The van der Waals surface area contributed by atoms with Crippen LogP contribution in [0, 0.1) is 11.8 Å². The summed E-state index contributed by atoms with van der Waals surface area (Å²) in [6.07, 6.45) is 0.871. The zero-order valence-electron chi connectivity index (χ0n) is 13.6. The summed E-state index contributed by atoms with van der Waals surface area (Å²) in [6, 6.07) is 8.71. The van der Waals surface area contributed by atoms with Crippen molar-refractivity contribution in [1.29, 1.82) is 0 Å². The van der Waals surface area contributed by atoms with E-state index in [0.717, 1.165) is 23.1 Å². The molecule has 2 aromatic carbocycles. The molecule has 3 rings (SSSR count). The average molecular weight is 314 g/mol. The average Bonchev–Trinajstić information content (AvgIpc) is 2.52. The Morgan fingerprint density at radius 2 is 1.65 bits per heavy atom. The van der Waals surface area contributed by atoms with Gasteiger partial charge in [0.25, 0.3) is 0 Å². The molecule has 0 radical (unpaired) electrons. The van der Waals surface area contributed by atoms with Crippen LogP contribution in [0.1, 0.15) is 36.5 Å². The van der Waals surface area contributed by atoms with Crippen molar-refractivity contribution in [3.8, 4) is 23.0 Å². The molecule has 0 aromatic heterocycles. The van der Waals surface area contributed by atoms with E-state index < -0.39 is 0 Å². The molecule has 3 unspecified atom stereocenters. The van der Waals surface area contributed by atoms with Crippen LogP contribution in [0.2, 0.25) is 0 Å². The van der Waals surface area contributed by atoms with Gasteiger partial charge in [-0.3, -0.25) is 0 Å². The van der Waals surface area contributed by atoms with E-state index in [1.165, 1.54) is 7.11 Å². The van der Waals surface area contributed by atoms with Crippen LogP contribution in [0.25, 0.3) is 0 Å². The van der Waals surface area contributed by atoms with Gasteiger partial charge < -0.3 is 20.1 Å². The summed E-state index contributed by atoms with van der Waals surface area (Å²) in [5.74, 6) is 1.26. The van der Waals surface area contributed by atoms with Gasteiger partial charge >= 0.3 is 0 Å². The zero-order chi connectivity index (χ0) is 16.7. The molecule has 3 atom stereocenters. The fourth-order valence-electron chi connectivity index (χ4n) is 3.62. The highest BCUT2D eigenvalue weighted by atomic mass is 16.5. The molecule has 122 valence electrons. The fourth-order valence-corrected chi connectivity index (χ4v) is 3.62. The summed E-state index contributed by atoms with van der Waals surface area (Å²) in [5, 5.41) is 29.6. The van der Waals surface area contributed by atoms with Gasteiger partial charge in [-0.15, -0.1) is 0 Å². The summed E-state index contributed by atoms with van der Waals surface area (Å²) in [6.45, 7) is 4.39. The van der Waals surface area contributed by atoms with E-state index in [2.05, 4.69) is 13.8 Å². The maximum absolute atomic E-state index is 9.92. The Balaban J connectivity index is 2.16. The topological polar surface area (TPSA) is 69.9 Å². The van der Waals surface area contributed by atoms with E-state index in [9.17, 15) is 15.3 Å². The Morgan fingerprint density at radius 3 is 2.35 bits per heavy atom. The second-order valence-electron chi connectivity index (χ2n) is 6.49. The van der Waals surface area contributed by atoms with Crippen molar-refractivity contribution in [3.05, 3.63) is 47.0 Å². The van der Waals surface area contributed by atoms with Gasteiger partial charge in [0.15, 0.2) is 23.0 Å². The number of fused-ring (bicyclic) bond motifs is 1. The number of benzene rings is 2. The van der Waals surface area contributed by atoms with Crippen molar-refractivity contribution in [2.75, 3.05) is 7.11 Å². The lowest BCUT2D eigenvalue weighted by molar-refractivity contribution is 0.320. The van der Waals surface area contributed by atoms with Gasteiger partial charge in [-0.25, -0.2) is 0 Å². The second kappa shape index (κ2) is 5.69. The van der Waals surface area contributed by atoms with Gasteiger partial charge in [0, 0.05) is 5.92 Å². The van der Waals surface area contributed by atoms with Crippen molar-refractivity contribution in [3.63, 3.8) is 0 Å². The Hall–Kier alpha value is -2.36. The molecule has 0 aliphatic heterocycles. The smallest absolute Gasteiger partial charge is 0.160 e. The lowest BCUT2D eigenvalue weighted by Crippen LogP contribution is -2.26. The highest BCUT2D eigenvalue weighted by Gasteiger charge is 2.33. The first-order chi connectivity index (χ1) is 10.9. The molecule has 4 heteroatoms. The van der Waals surface area contributed by atoms with Gasteiger partial charge in [0.1, 0.15) is 0 Å². The summed E-state index contributed by atoms with van der Waals surface area (Å²) in [5.41, 5.74) is 3.12. The van der Waals surface area contributed by atoms with Crippen molar-refractivity contribution in [2.45, 2.75) is 26.2 Å². The Kier molecular flexibility index (Phi) is 3.84. The van der Waals surface area contributed by atoms with Crippen LogP contribution >= 0.6 is 0 Å². The molecule has 0 bridgehead atoms. The molecule has 0 saturated heterocycles. The largest absolute Gasteiger partial charge is 0.504 e. The van der Waals surface area contributed by atoms with Crippen molar-refractivity contribution >= 4 is 0 Å². The van der Waals surface area contributed by atoms with E-state index in [1.807, 2.05) is 12.1 Å². The number of hydrogen-bond donors (Lipinski definition) is 3. The summed E-state index contributed by atoms with van der Waals surface area (Å²) in [7, 11) is 1.53. The number of hydrogen-bond acceptors (Lipinski definition) is 4. The third kappa shape index (κ3) is 2.58. The molecule has 0 spiro atoms. The predicted octanol–water partition coefficient (Wildman–Crippen LogP) is 3.77. The minimum atomic E-state index is -0.0961. The Labute approximate surface area is 136 Å². The molecule has 0 saturated carbocycles. The van der Waals surface area contributed by atoms with Crippen LogP contribution in [0.5, 0.6) is 23.0 Å². The van der Waals surface area contributed by atoms with E-state index in [0.29, 0.717) is 17.6 Å². The first kappa shape index (κ1) is 15.5. The molecular formula is C19H22O4. The van der Waals surface area contributed by atoms with Crippen molar-refractivity contribution < 1.29 is 20.1 Å². The molecular weight excluding hydrogens is 292 g/mol. The van der Waals surface area contributed by atoms with Crippen LogP contribution in [-0.2, 0) is 6.42 Å². The standard InChI is InChI=1S/C19H22O4/c1-10-6-13-7-16(21)17(22)9-14(13)19(11(10)2)12-4-5-15(20)18(8-12)23-3/h4-5,7-11,19-22H,6H2,1-3H3. The fraction of sp³-hybridized carbons (Fsp3) is 0.368. The predicted molar refractivity (Wildman–Crippen MR) is 88.3 cm³/mol. The summed E-state index contributed by atoms with van der Waals surface area (Å²) < 4.78 is 5.23. The number of ether oxygens (including phenoxy) is 1. The second-order valence-corrected chi connectivity index (χ2v) is 6.49. The highest BCUT2D eigenvalue weighted by Crippen LogP contribution is 2.47. The number of phenolic OH excluding ortho intramolecular Hbond substituents is 3. The van der Waals surface area contributed by atoms with Gasteiger partial charge in [-0.1, -0.05) is 19.9 Å². The van der Waals surface area contributed by atoms with Gasteiger partial charge in [0.05, 0.1) is 7.11 Å². The Bertz CT molecular complexity index is 738. The third-order valence-electron chi connectivity index (χ3n) is 5.10. The first-order valence-electron chi connectivity index (χ1n) is 7.84. The maximum atomic E-state index is 9.92. The molecule has 1 aliphatic rings.